The van der Waals surface area contributed by atoms with Crippen molar-refractivity contribution < 1.29 is 19.4 Å². The van der Waals surface area contributed by atoms with Crippen LogP contribution in [-0.4, -0.2) is 37.5 Å². The van der Waals surface area contributed by atoms with E-state index >= 15 is 0 Å². The number of carboxylic acid groups (broad SMARTS) is 1. The Bertz CT molecular complexity index is 172. The van der Waals surface area contributed by atoms with Crippen LogP contribution in [0.1, 0.15) is 12.8 Å². The molecule has 0 saturated carbocycles. The first kappa shape index (κ1) is 11.7. The van der Waals surface area contributed by atoms with Gasteiger partial charge in [0, 0.05) is 20.1 Å². The number of carbonyl (C=O) groups excluding carboxylic acids is 1. The van der Waals surface area contributed by atoms with Crippen molar-refractivity contribution >= 4 is 12.0 Å². The van der Waals surface area contributed by atoms with Gasteiger partial charge in [0.1, 0.15) is 6.73 Å². The fourth-order valence-electron chi connectivity index (χ4n) is 0.685. The maximum Gasteiger partial charge on any atom is 0.404 e. The van der Waals surface area contributed by atoms with Gasteiger partial charge in [0.2, 0.25) is 5.91 Å². The van der Waals surface area contributed by atoms with Gasteiger partial charge in [0.05, 0.1) is 0 Å². The molecule has 0 aliphatic heterocycles. The third-order valence-corrected chi connectivity index (χ3v) is 1.27. The predicted molar refractivity (Wildman–Crippen MR) is 45.3 cm³/mol. The third kappa shape index (κ3) is 8.61. The molecule has 0 rings (SSSR count). The molecule has 0 aromatic rings. The van der Waals surface area contributed by atoms with Gasteiger partial charge in [-0.15, -0.1) is 0 Å². The van der Waals surface area contributed by atoms with E-state index in [2.05, 4.69) is 15.4 Å². The Labute approximate surface area is 76.3 Å². The third-order valence-electron chi connectivity index (χ3n) is 1.27. The second-order valence-corrected chi connectivity index (χ2v) is 2.37. The summed E-state index contributed by atoms with van der Waals surface area (Å²) in [6, 6.07) is 0. The molecule has 0 bridgehead atoms. The van der Waals surface area contributed by atoms with Gasteiger partial charge in [-0.3, -0.25) is 4.79 Å². The highest BCUT2D eigenvalue weighted by Gasteiger charge is 2.00. The van der Waals surface area contributed by atoms with E-state index in [9.17, 15) is 9.59 Å². The van der Waals surface area contributed by atoms with Crippen molar-refractivity contribution in [3.8, 4) is 0 Å². The quantitative estimate of drug-likeness (QED) is 0.398. The van der Waals surface area contributed by atoms with E-state index in [-0.39, 0.29) is 19.2 Å². The van der Waals surface area contributed by atoms with Crippen LogP contribution in [0.5, 0.6) is 0 Å². The molecule has 13 heavy (non-hydrogen) atoms. The number of rotatable bonds is 6. The number of hydrogen-bond donors (Lipinski definition) is 3. The first-order valence-electron chi connectivity index (χ1n) is 3.89. The Morgan fingerprint density at radius 3 is 2.62 bits per heavy atom. The van der Waals surface area contributed by atoms with Crippen molar-refractivity contribution in [2.45, 2.75) is 12.8 Å². The molecule has 0 heterocycles. The highest BCUT2D eigenvalue weighted by atomic mass is 16.5. The van der Waals surface area contributed by atoms with Crippen molar-refractivity contribution in [2.75, 3.05) is 20.4 Å². The maximum absolute atomic E-state index is 10.9. The van der Waals surface area contributed by atoms with Crippen LogP contribution in [0.15, 0.2) is 0 Å². The van der Waals surface area contributed by atoms with E-state index in [4.69, 9.17) is 5.11 Å². The molecule has 76 valence electrons. The molecule has 6 nitrogen and oxygen atoms in total. The van der Waals surface area contributed by atoms with E-state index in [1.807, 2.05) is 0 Å². The van der Waals surface area contributed by atoms with Gasteiger partial charge in [-0.05, 0) is 6.42 Å². The van der Waals surface area contributed by atoms with E-state index in [1.165, 1.54) is 7.11 Å². The largest absolute Gasteiger partial charge is 0.465 e. The standard InChI is InChI=1S/C7H14N2O4/c1-13-5-9-6(10)3-2-4-8-7(11)12/h8H,2-5H2,1H3,(H,9,10)(H,11,12). The molecular weight excluding hydrogens is 176 g/mol. The zero-order chi connectivity index (χ0) is 10.1. The minimum Gasteiger partial charge on any atom is -0.465 e. The molecule has 6 heteroatoms. The van der Waals surface area contributed by atoms with E-state index in [1.54, 1.807) is 0 Å². The molecule has 3 N–H and O–H groups in total. The lowest BCUT2D eigenvalue weighted by molar-refractivity contribution is -0.122. The van der Waals surface area contributed by atoms with Crippen molar-refractivity contribution in [1.29, 1.82) is 0 Å². The Morgan fingerprint density at radius 1 is 1.38 bits per heavy atom. The van der Waals surface area contributed by atoms with Crippen LogP contribution in [0.2, 0.25) is 0 Å². The molecule has 0 aromatic heterocycles. The molecular formula is C7H14N2O4. The molecule has 0 aliphatic rings. The zero-order valence-corrected chi connectivity index (χ0v) is 7.50. The number of amides is 2. The summed E-state index contributed by atoms with van der Waals surface area (Å²) in [6.45, 7) is 0.473. The number of methoxy groups -OCH3 is 1. The molecule has 2 amide bonds. The van der Waals surface area contributed by atoms with Crippen LogP contribution in [0.3, 0.4) is 0 Å². The van der Waals surface area contributed by atoms with E-state index in [0.717, 1.165) is 0 Å². The van der Waals surface area contributed by atoms with Crippen LogP contribution < -0.4 is 10.6 Å². The van der Waals surface area contributed by atoms with Crippen LogP contribution in [-0.2, 0) is 9.53 Å². The Hall–Kier alpha value is -1.30. The first-order chi connectivity index (χ1) is 6.16. The van der Waals surface area contributed by atoms with Gasteiger partial charge in [-0.1, -0.05) is 0 Å². The minimum atomic E-state index is -1.07. The lowest BCUT2D eigenvalue weighted by Crippen LogP contribution is -2.27. The smallest absolute Gasteiger partial charge is 0.404 e. The summed E-state index contributed by atoms with van der Waals surface area (Å²) < 4.78 is 4.62. The number of nitrogens with one attached hydrogen (secondary N) is 2. The first-order valence-corrected chi connectivity index (χ1v) is 3.89. The predicted octanol–water partition coefficient (Wildman–Crippen LogP) is -0.246. The average Bonchev–Trinajstić information content (AvgIpc) is 2.08. The van der Waals surface area contributed by atoms with Gasteiger partial charge in [-0.2, -0.15) is 0 Å². The van der Waals surface area contributed by atoms with Crippen molar-refractivity contribution in [2.24, 2.45) is 0 Å². The summed E-state index contributed by atoms with van der Waals surface area (Å²) in [5.41, 5.74) is 0. The monoisotopic (exact) mass is 190 g/mol. The average molecular weight is 190 g/mol. The summed E-state index contributed by atoms with van der Waals surface area (Å²) in [6.07, 6.45) is -0.289. The van der Waals surface area contributed by atoms with E-state index < -0.39 is 6.09 Å². The lowest BCUT2D eigenvalue weighted by atomic mass is 10.3. The van der Waals surface area contributed by atoms with Gasteiger partial charge in [-0.25, -0.2) is 4.79 Å². The van der Waals surface area contributed by atoms with Crippen molar-refractivity contribution in [3.05, 3.63) is 0 Å². The summed E-state index contributed by atoms with van der Waals surface area (Å²) in [5.74, 6) is -0.144. The molecule has 0 radical (unpaired) electrons. The van der Waals surface area contributed by atoms with Crippen LogP contribution in [0, 0.1) is 0 Å². The lowest BCUT2D eigenvalue weighted by Gasteiger charge is -2.03. The Balaban J connectivity index is 3.22. The molecule has 0 unspecified atom stereocenters. The molecule has 0 atom stereocenters. The molecule has 0 spiro atoms. The summed E-state index contributed by atoms with van der Waals surface area (Å²) in [4.78, 5) is 20.9. The summed E-state index contributed by atoms with van der Waals surface area (Å²) >= 11 is 0. The number of hydrogen-bond acceptors (Lipinski definition) is 3. The summed E-state index contributed by atoms with van der Waals surface area (Å²) in [5, 5.41) is 12.8. The van der Waals surface area contributed by atoms with Crippen LogP contribution >= 0.6 is 0 Å². The fourth-order valence-corrected chi connectivity index (χ4v) is 0.685. The van der Waals surface area contributed by atoms with E-state index in [0.29, 0.717) is 12.8 Å². The van der Waals surface area contributed by atoms with Crippen LogP contribution in [0.4, 0.5) is 4.79 Å². The molecule has 0 aromatic carbocycles. The Morgan fingerprint density at radius 2 is 2.08 bits per heavy atom. The molecule has 0 aliphatic carbocycles. The maximum atomic E-state index is 10.9. The SMILES string of the molecule is COCNC(=O)CCCNC(=O)O. The fraction of sp³-hybridized carbons (Fsp3) is 0.714. The highest BCUT2D eigenvalue weighted by molar-refractivity contribution is 5.75. The molecule has 0 saturated heterocycles. The normalized spacial score (nSPS) is 9.31. The topological polar surface area (TPSA) is 87.7 Å². The van der Waals surface area contributed by atoms with Crippen molar-refractivity contribution in [1.82, 2.24) is 10.6 Å². The van der Waals surface area contributed by atoms with Crippen molar-refractivity contribution in [3.63, 3.8) is 0 Å². The zero-order valence-electron chi connectivity index (χ0n) is 7.50. The number of carbonyl (C=O) groups is 2. The number of ether oxygens (including phenoxy) is 1. The second kappa shape index (κ2) is 7.35. The Kier molecular flexibility index (Phi) is 6.62. The summed E-state index contributed by atoms with van der Waals surface area (Å²) in [7, 11) is 1.48. The second-order valence-electron chi connectivity index (χ2n) is 2.37. The van der Waals surface area contributed by atoms with Crippen LogP contribution in [0.25, 0.3) is 0 Å². The highest BCUT2D eigenvalue weighted by Crippen LogP contribution is 1.86. The minimum absolute atomic E-state index is 0.144. The van der Waals surface area contributed by atoms with Gasteiger partial charge in [0.25, 0.3) is 0 Å². The molecule has 0 fully saturated rings. The van der Waals surface area contributed by atoms with Gasteiger partial charge < -0.3 is 20.5 Å². The van der Waals surface area contributed by atoms with Gasteiger partial charge >= 0.3 is 6.09 Å². The van der Waals surface area contributed by atoms with Gasteiger partial charge in [0.15, 0.2) is 0 Å².